The number of carbonyl (C=O) groups is 1. The number of hydrogen-bond acceptors (Lipinski definition) is 2. The molecule has 0 unspecified atom stereocenters. The van der Waals surface area contributed by atoms with E-state index in [0.29, 0.717) is 17.9 Å². The average molecular weight is 424 g/mol. The van der Waals surface area contributed by atoms with Crippen molar-refractivity contribution >= 4 is 6.03 Å². The molecule has 2 saturated carbocycles. The molecule has 1 aromatic rings. The molecule has 2 aliphatic heterocycles. The zero-order valence-electron chi connectivity index (χ0n) is 19.2. The van der Waals surface area contributed by atoms with Crippen LogP contribution >= 0.6 is 0 Å². The fourth-order valence-electron chi connectivity index (χ4n) is 7.22. The molecule has 4 aliphatic rings. The Balaban J connectivity index is 1.25. The van der Waals surface area contributed by atoms with Crippen LogP contribution in [0.1, 0.15) is 82.6 Å². The number of carbonyl (C=O) groups excluding carboxylic acids is 1. The number of nitrogens with one attached hydrogen (secondary N) is 1. The van der Waals surface area contributed by atoms with Gasteiger partial charge in [-0.3, -0.25) is 4.90 Å². The van der Waals surface area contributed by atoms with Crippen molar-refractivity contribution < 1.29 is 4.79 Å². The lowest BCUT2D eigenvalue weighted by Gasteiger charge is -2.47. The Morgan fingerprint density at radius 1 is 0.806 bits per heavy atom. The SMILES string of the molecule is O=C1NC(C2CCCCC2)(C2CCCCC2)CN1C1CCN(Cc2ccccc2)CC1. The van der Waals surface area contributed by atoms with Crippen LogP contribution in [0.15, 0.2) is 30.3 Å². The monoisotopic (exact) mass is 423 g/mol. The van der Waals surface area contributed by atoms with E-state index in [0.717, 1.165) is 39.0 Å². The van der Waals surface area contributed by atoms with Crippen LogP contribution < -0.4 is 5.32 Å². The first kappa shape index (κ1) is 21.3. The van der Waals surface area contributed by atoms with Gasteiger partial charge in [0.15, 0.2) is 0 Å². The summed E-state index contributed by atoms with van der Waals surface area (Å²) in [5, 5.41) is 3.68. The van der Waals surface area contributed by atoms with Gasteiger partial charge in [-0.1, -0.05) is 68.9 Å². The molecule has 4 fully saturated rings. The molecule has 0 radical (unpaired) electrons. The number of urea groups is 1. The standard InChI is InChI=1S/C27H41N3O/c31-26-28-27(23-12-6-2-7-13-23,24-14-8-3-9-15-24)21-30(26)25-16-18-29(19-17-25)20-22-10-4-1-5-11-22/h1,4-5,10-11,23-25H,2-3,6-9,12-21H2,(H,28,31). The van der Waals surface area contributed by atoms with E-state index >= 15 is 0 Å². The maximum atomic E-state index is 13.3. The van der Waals surface area contributed by atoms with E-state index in [-0.39, 0.29) is 11.6 Å². The van der Waals surface area contributed by atoms with Gasteiger partial charge in [-0.15, -0.1) is 0 Å². The van der Waals surface area contributed by atoms with Crippen LogP contribution in [0, 0.1) is 11.8 Å². The van der Waals surface area contributed by atoms with E-state index in [2.05, 4.69) is 45.4 Å². The van der Waals surface area contributed by atoms with Crippen molar-refractivity contribution in [1.29, 1.82) is 0 Å². The molecule has 1 aromatic carbocycles. The van der Waals surface area contributed by atoms with Crippen LogP contribution in [0.3, 0.4) is 0 Å². The second-order valence-electron chi connectivity index (χ2n) is 10.8. The topological polar surface area (TPSA) is 35.6 Å². The average Bonchev–Trinajstić information content (AvgIpc) is 3.20. The first-order chi connectivity index (χ1) is 15.2. The third-order valence-electron chi connectivity index (χ3n) is 8.95. The molecule has 0 aromatic heterocycles. The van der Waals surface area contributed by atoms with Gasteiger partial charge in [0.1, 0.15) is 0 Å². The Hall–Kier alpha value is -1.55. The lowest BCUT2D eigenvalue weighted by molar-refractivity contribution is 0.0735. The summed E-state index contributed by atoms with van der Waals surface area (Å²) in [7, 11) is 0. The molecule has 31 heavy (non-hydrogen) atoms. The Labute approximate surface area is 188 Å². The highest BCUT2D eigenvalue weighted by molar-refractivity contribution is 5.78. The van der Waals surface area contributed by atoms with E-state index in [1.807, 2.05) is 0 Å². The third-order valence-corrected chi connectivity index (χ3v) is 8.95. The summed E-state index contributed by atoms with van der Waals surface area (Å²) >= 11 is 0. The number of piperidine rings is 1. The highest BCUT2D eigenvalue weighted by Crippen LogP contribution is 2.46. The van der Waals surface area contributed by atoms with Crippen LogP contribution in [-0.2, 0) is 6.54 Å². The molecule has 2 amide bonds. The summed E-state index contributed by atoms with van der Waals surface area (Å²) in [5.41, 5.74) is 1.45. The first-order valence-corrected chi connectivity index (χ1v) is 13.1. The summed E-state index contributed by atoms with van der Waals surface area (Å²) in [4.78, 5) is 18.2. The van der Waals surface area contributed by atoms with Crippen LogP contribution in [0.5, 0.6) is 0 Å². The maximum absolute atomic E-state index is 13.3. The molecule has 2 heterocycles. The molecule has 5 rings (SSSR count). The van der Waals surface area contributed by atoms with Gasteiger partial charge >= 0.3 is 6.03 Å². The van der Waals surface area contributed by atoms with Gasteiger partial charge in [0, 0.05) is 32.2 Å². The van der Waals surface area contributed by atoms with Gasteiger partial charge in [-0.25, -0.2) is 4.79 Å². The normalized spacial score (nSPS) is 26.8. The van der Waals surface area contributed by atoms with E-state index in [9.17, 15) is 4.79 Å². The summed E-state index contributed by atoms with van der Waals surface area (Å²) in [6, 6.07) is 11.5. The van der Waals surface area contributed by atoms with Gasteiger partial charge < -0.3 is 10.2 Å². The van der Waals surface area contributed by atoms with Gasteiger partial charge in [-0.2, -0.15) is 0 Å². The first-order valence-electron chi connectivity index (χ1n) is 13.1. The minimum Gasteiger partial charge on any atom is -0.330 e. The van der Waals surface area contributed by atoms with Crippen LogP contribution in [0.25, 0.3) is 0 Å². The van der Waals surface area contributed by atoms with E-state index in [4.69, 9.17) is 0 Å². The van der Waals surface area contributed by atoms with Gasteiger partial charge in [0.05, 0.1) is 5.54 Å². The second kappa shape index (κ2) is 9.52. The molecule has 0 atom stereocenters. The van der Waals surface area contributed by atoms with Crippen LogP contribution in [-0.4, -0.2) is 47.0 Å². The van der Waals surface area contributed by atoms with Crippen LogP contribution in [0.4, 0.5) is 4.79 Å². The second-order valence-corrected chi connectivity index (χ2v) is 10.8. The maximum Gasteiger partial charge on any atom is 0.318 e. The lowest BCUT2D eigenvalue weighted by atomic mass is 9.64. The lowest BCUT2D eigenvalue weighted by Crippen LogP contribution is -2.57. The van der Waals surface area contributed by atoms with E-state index in [1.165, 1.54) is 69.8 Å². The predicted molar refractivity (Wildman–Crippen MR) is 126 cm³/mol. The Morgan fingerprint density at radius 2 is 1.39 bits per heavy atom. The van der Waals surface area contributed by atoms with Crippen molar-refractivity contribution in [2.45, 2.75) is 95.2 Å². The fourth-order valence-corrected chi connectivity index (χ4v) is 7.22. The van der Waals surface area contributed by atoms with Crippen molar-refractivity contribution in [3.05, 3.63) is 35.9 Å². The molecular weight excluding hydrogens is 382 g/mol. The van der Waals surface area contributed by atoms with Crippen molar-refractivity contribution in [1.82, 2.24) is 15.1 Å². The van der Waals surface area contributed by atoms with E-state index < -0.39 is 0 Å². The largest absolute Gasteiger partial charge is 0.330 e. The molecule has 0 spiro atoms. The Bertz CT molecular complexity index is 697. The van der Waals surface area contributed by atoms with Crippen molar-refractivity contribution in [2.24, 2.45) is 11.8 Å². The van der Waals surface area contributed by atoms with Crippen molar-refractivity contribution in [3.8, 4) is 0 Å². The minimum atomic E-state index is 0.0547. The Morgan fingerprint density at radius 3 is 1.97 bits per heavy atom. The quantitative estimate of drug-likeness (QED) is 0.671. The molecule has 4 heteroatoms. The fraction of sp³-hybridized carbons (Fsp3) is 0.741. The number of benzene rings is 1. The number of amides is 2. The smallest absolute Gasteiger partial charge is 0.318 e. The number of nitrogens with zero attached hydrogens (tertiary/aromatic N) is 2. The molecular formula is C27H41N3O. The third kappa shape index (κ3) is 4.51. The highest BCUT2D eigenvalue weighted by atomic mass is 16.2. The summed E-state index contributed by atoms with van der Waals surface area (Å²) in [6.07, 6.45) is 15.7. The molecule has 2 aliphatic carbocycles. The highest BCUT2D eigenvalue weighted by Gasteiger charge is 2.53. The molecule has 2 saturated heterocycles. The van der Waals surface area contributed by atoms with Gasteiger partial charge in [-0.05, 0) is 55.9 Å². The summed E-state index contributed by atoms with van der Waals surface area (Å²) in [6.45, 7) is 4.21. The molecule has 170 valence electrons. The number of hydrogen-bond donors (Lipinski definition) is 1. The van der Waals surface area contributed by atoms with E-state index in [1.54, 1.807) is 0 Å². The van der Waals surface area contributed by atoms with Gasteiger partial charge in [0.25, 0.3) is 0 Å². The summed E-state index contributed by atoms with van der Waals surface area (Å²) < 4.78 is 0. The zero-order valence-corrected chi connectivity index (χ0v) is 19.2. The summed E-state index contributed by atoms with van der Waals surface area (Å²) in [5.74, 6) is 1.38. The van der Waals surface area contributed by atoms with Gasteiger partial charge in [0.2, 0.25) is 0 Å². The zero-order chi connectivity index (χ0) is 21.1. The van der Waals surface area contributed by atoms with Crippen molar-refractivity contribution in [3.63, 3.8) is 0 Å². The molecule has 0 bridgehead atoms. The number of likely N-dealkylation sites (tertiary alicyclic amines) is 1. The predicted octanol–water partition coefficient (Wildman–Crippen LogP) is 5.58. The minimum absolute atomic E-state index is 0.0547. The number of rotatable bonds is 5. The Kier molecular flexibility index (Phi) is 6.54. The molecule has 1 N–H and O–H groups in total. The molecule has 4 nitrogen and oxygen atoms in total. The van der Waals surface area contributed by atoms with Crippen molar-refractivity contribution in [2.75, 3.05) is 19.6 Å². The van der Waals surface area contributed by atoms with Crippen LogP contribution in [0.2, 0.25) is 0 Å².